The molecule has 2 aliphatic heterocycles. The monoisotopic (exact) mass is 1040 g/mol. The maximum Gasteiger partial charge on any atom is 0.407 e. The number of esters is 5. The van der Waals surface area contributed by atoms with Crippen LogP contribution in [0.5, 0.6) is 0 Å². The van der Waals surface area contributed by atoms with E-state index in [1.165, 1.54) is 60.7 Å². The molecule has 10 atom stereocenters. The molecule has 71 heavy (non-hydrogen) atoms. The first-order valence-electron chi connectivity index (χ1n) is 21.7. The van der Waals surface area contributed by atoms with Crippen molar-refractivity contribution >= 4 is 70.7 Å². The predicted octanol–water partition coefficient (Wildman–Crippen LogP) is 6.03. The highest BCUT2D eigenvalue weighted by atomic mass is 35.6. The highest BCUT2D eigenvalue weighted by Gasteiger charge is 2.56. The van der Waals surface area contributed by atoms with Gasteiger partial charge < -0.3 is 58.2 Å². The van der Waals surface area contributed by atoms with Gasteiger partial charge in [-0.1, -0.05) is 126 Å². The van der Waals surface area contributed by atoms with Crippen LogP contribution in [0.1, 0.15) is 51.8 Å². The largest absolute Gasteiger partial charge is 0.459 e. The summed E-state index contributed by atoms with van der Waals surface area (Å²) in [6, 6.07) is 36.6. The Labute approximate surface area is 420 Å². The Morgan fingerprint density at radius 1 is 0.479 bits per heavy atom. The number of carbonyl (C=O) groups excluding carboxylic acids is 6. The standard InChI is InChI=1S/C50H44Cl3NO17/c51-50(52,53)28-65-49(62)54-36-37(55)38(34(66-47(36)61)26-63-42(56)29-16-6-1-7-17-29)71-48-41(70-46(60)33-24-14-5-15-25-33)40(69-45(59)32-22-12-4-13-23-32)39(68-44(58)31-20-10-3-11-21-31)35(67-48)27-64-43(57)30-18-8-2-9-19-30/h1-25,34-41,47-48,55,61H,26-28H2,(H,54,62)/t34-,35-,36-,37-,38-,39+,40+,41-,47+,48+/m1/s1. The number of amides is 1. The summed E-state index contributed by atoms with van der Waals surface area (Å²) >= 11 is 17.3. The number of aliphatic hydroxyl groups excluding tert-OH is 2. The minimum atomic E-state index is -2.06. The van der Waals surface area contributed by atoms with Crippen LogP contribution in [-0.4, -0.2) is 131 Å². The maximum atomic E-state index is 14.2. The number of hydrogen-bond acceptors (Lipinski definition) is 17. The third-order valence-corrected chi connectivity index (χ3v) is 11.1. The summed E-state index contributed by atoms with van der Waals surface area (Å²) in [5.74, 6) is -4.71. The first-order valence-corrected chi connectivity index (χ1v) is 22.8. The Morgan fingerprint density at radius 3 is 1.25 bits per heavy atom. The second-order valence-electron chi connectivity index (χ2n) is 15.7. The summed E-state index contributed by atoms with van der Waals surface area (Å²) in [4.78, 5) is 81.9. The molecule has 2 saturated heterocycles. The third-order valence-electron chi connectivity index (χ3n) is 10.8. The lowest BCUT2D eigenvalue weighted by Gasteiger charge is -2.48. The molecule has 7 rings (SSSR count). The van der Waals surface area contributed by atoms with Crippen molar-refractivity contribution in [2.45, 2.75) is 65.1 Å². The van der Waals surface area contributed by atoms with E-state index in [1.807, 2.05) is 0 Å². The van der Waals surface area contributed by atoms with E-state index in [2.05, 4.69) is 5.32 Å². The van der Waals surface area contributed by atoms with Gasteiger partial charge in [-0.15, -0.1) is 0 Å². The molecule has 18 nitrogen and oxygen atoms in total. The Morgan fingerprint density at radius 2 is 0.845 bits per heavy atom. The lowest BCUT2D eigenvalue weighted by molar-refractivity contribution is -0.343. The fourth-order valence-electron chi connectivity index (χ4n) is 7.33. The zero-order valence-corrected chi connectivity index (χ0v) is 39.2. The zero-order valence-electron chi connectivity index (χ0n) is 37.0. The van der Waals surface area contributed by atoms with Crippen LogP contribution in [0.25, 0.3) is 0 Å². The molecule has 1 amide bonds. The van der Waals surface area contributed by atoms with Crippen LogP contribution in [0, 0.1) is 0 Å². The van der Waals surface area contributed by atoms with Gasteiger partial charge in [-0.3, -0.25) is 0 Å². The van der Waals surface area contributed by atoms with Gasteiger partial charge in [-0.25, -0.2) is 28.8 Å². The van der Waals surface area contributed by atoms with Crippen LogP contribution in [0.15, 0.2) is 152 Å². The molecular formula is C50H44Cl3NO17. The molecule has 0 radical (unpaired) electrons. The average molecular weight is 1040 g/mol. The van der Waals surface area contributed by atoms with E-state index >= 15 is 0 Å². The van der Waals surface area contributed by atoms with E-state index in [4.69, 9.17) is 77.4 Å². The van der Waals surface area contributed by atoms with E-state index in [9.17, 15) is 39.0 Å². The number of nitrogens with one attached hydrogen (secondary N) is 1. The second-order valence-corrected chi connectivity index (χ2v) is 18.2. The first-order chi connectivity index (χ1) is 34.1. The lowest BCUT2D eigenvalue weighted by atomic mass is 9.95. The number of aliphatic hydroxyl groups is 2. The van der Waals surface area contributed by atoms with Gasteiger partial charge in [0.15, 0.2) is 30.9 Å². The molecular weight excluding hydrogens is 993 g/mol. The second kappa shape index (κ2) is 24.5. The fourth-order valence-corrected chi connectivity index (χ4v) is 7.49. The molecule has 5 aromatic carbocycles. The van der Waals surface area contributed by atoms with Gasteiger partial charge in [0, 0.05) is 0 Å². The smallest absolute Gasteiger partial charge is 0.407 e. The number of benzene rings is 5. The van der Waals surface area contributed by atoms with Gasteiger partial charge in [-0.2, -0.15) is 0 Å². The minimum Gasteiger partial charge on any atom is -0.459 e. The summed E-state index contributed by atoms with van der Waals surface area (Å²) in [6.45, 7) is -2.24. The quantitative estimate of drug-likeness (QED) is 0.0581. The molecule has 0 spiro atoms. The lowest BCUT2D eigenvalue weighted by Crippen LogP contribution is -2.68. The van der Waals surface area contributed by atoms with E-state index < -0.39 is 121 Å². The minimum absolute atomic E-state index is 0.00529. The van der Waals surface area contributed by atoms with Crippen molar-refractivity contribution in [3.05, 3.63) is 179 Å². The van der Waals surface area contributed by atoms with Crippen molar-refractivity contribution in [1.29, 1.82) is 0 Å². The number of ether oxygens (including phenoxy) is 9. The van der Waals surface area contributed by atoms with Crippen LogP contribution in [0.3, 0.4) is 0 Å². The molecule has 5 aromatic rings. The number of alkyl carbamates (subject to hydrolysis) is 1. The maximum absolute atomic E-state index is 14.2. The van der Waals surface area contributed by atoms with Gasteiger partial charge in [-0.05, 0) is 60.7 Å². The molecule has 2 heterocycles. The van der Waals surface area contributed by atoms with Gasteiger partial charge in [0.2, 0.25) is 3.79 Å². The summed E-state index contributed by atoms with van der Waals surface area (Å²) in [6.07, 6.45) is -18.2. The van der Waals surface area contributed by atoms with Crippen molar-refractivity contribution in [2.75, 3.05) is 19.8 Å². The van der Waals surface area contributed by atoms with E-state index in [1.54, 1.807) is 91.0 Å². The topological polar surface area (TPSA) is 238 Å². The van der Waals surface area contributed by atoms with Crippen molar-refractivity contribution < 1.29 is 81.6 Å². The molecule has 2 aliphatic rings. The zero-order chi connectivity index (χ0) is 50.5. The molecule has 372 valence electrons. The molecule has 0 aliphatic carbocycles. The van der Waals surface area contributed by atoms with E-state index in [0.717, 1.165) is 0 Å². The van der Waals surface area contributed by atoms with Crippen LogP contribution in [0.2, 0.25) is 0 Å². The van der Waals surface area contributed by atoms with Crippen LogP contribution in [0.4, 0.5) is 4.79 Å². The number of carbonyl (C=O) groups is 6. The van der Waals surface area contributed by atoms with Crippen LogP contribution in [-0.2, 0) is 42.6 Å². The molecule has 3 N–H and O–H groups in total. The summed E-state index contributed by atoms with van der Waals surface area (Å²) in [7, 11) is 0. The average Bonchev–Trinajstić information content (AvgIpc) is 3.38. The highest BCUT2D eigenvalue weighted by molar-refractivity contribution is 6.67. The predicted molar refractivity (Wildman–Crippen MR) is 249 cm³/mol. The summed E-state index contributed by atoms with van der Waals surface area (Å²) < 4.78 is 51.2. The van der Waals surface area contributed by atoms with Gasteiger partial charge in [0.05, 0.1) is 27.8 Å². The third kappa shape index (κ3) is 14.3. The molecule has 0 unspecified atom stereocenters. The van der Waals surface area contributed by atoms with Crippen molar-refractivity contribution in [3.8, 4) is 0 Å². The number of rotatable bonds is 16. The van der Waals surface area contributed by atoms with E-state index in [0.29, 0.717) is 0 Å². The first kappa shape index (κ1) is 52.2. The number of halogens is 3. The molecule has 0 aromatic heterocycles. The molecule has 2 fully saturated rings. The normalized spacial score (nSPS) is 24.0. The van der Waals surface area contributed by atoms with Gasteiger partial charge in [0.1, 0.15) is 50.3 Å². The van der Waals surface area contributed by atoms with Crippen molar-refractivity contribution in [2.24, 2.45) is 0 Å². The SMILES string of the molecule is O=C(N[C@@H]1[C@@H](O)[C@H](O[C@@H]2O[C@H](COC(=O)c3ccccc3)[C@H](OC(=O)c3ccccc3)[C@H](OC(=O)c3ccccc3)[C@H]2OC(=O)c2ccccc2)[C@@H](COC(=O)c2ccccc2)O[C@@H]1O)OCC(Cl)(Cl)Cl. The summed E-state index contributed by atoms with van der Waals surface area (Å²) in [5.41, 5.74) is 0.273. The fraction of sp³-hybridized carbons (Fsp3) is 0.280. The Hall–Kier alpha value is -6.61. The van der Waals surface area contributed by atoms with Crippen molar-refractivity contribution in [1.82, 2.24) is 5.32 Å². The molecule has 21 heteroatoms. The molecule has 0 bridgehead atoms. The van der Waals surface area contributed by atoms with Crippen LogP contribution >= 0.6 is 34.8 Å². The Balaban J connectivity index is 1.31. The highest BCUT2D eigenvalue weighted by Crippen LogP contribution is 2.35. The van der Waals surface area contributed by atoms with Gasteiger partial charge >= 0.3 is 35.9 Å². The summed E-state index contributed by atoms with van der Waals surface area (Å²) in [5, 5.41) is 25.5. The van der Waals surface area contributed by atoms with Crippen molar-refractivity contribution in [3.63, 3.8) is 0 Å². The number of alkyl halides is 3. The molecule has 0 saturated carbocycles. The van der Waals surface area contributed by atoms with Gasteiger partial charge in [0.25, 0.3) is 0 Å². The number of hydrogen-bond donors (Lipinski definition) is 3. The Kier molecular flexibility index (Phi) is 18.0. The van der Waals surface area contributed by atoms with E-state index in [-0.39, 0.29) is 27.8 Å². The Bertz CT molecular complexity index is 2580. The van der Waals surface area contributed by atoms with Crippen LogP contribution < -0.4 is 5.32 Å².